The van der Waals surface area contributed by atoms with Crippen molar-refractivity contribution in [2.45, 2.75) is 26.2 Å². The Morgan fingerprint density at radius 3 is 2.17 bits per heavy atom. The first kappa shape index (κ1) is 17.4. The predicted octanol–water partition coefficient (Wildman–Crippen LogP) is 6.83. The fraction of sp³-hybridized carbons (Fsp3) is 0.250. The fourth-order valence-electron chi connectivity index (χ4n) is 1.97. The number of benzene rings is 2. The van der Waals surface area contributed by atoms with Gasteiger partial charge in [-0.3, -0.25) is 10.1 Å². The van der Waals surface area contributed by atoms with Gasteiger partial charge in [-0.05, 0) is 30.0 Å². The molecule has 0 heterocycles. The van der Waals surface area contributed by atoms with Crippen LogP contribution in [0.2, 0.25) is 10.0 Å². The minimum absolute atomic E-state index is 0.0872. The number of halogens is 2. The first-order valence-electron chi connectivity index (χ1n) is 7.07. The molecular formula is C16H15Cl2N3O2. The molecule has 23 heavy (non-hydrogen) atoms. The van der Waals surface area contributed by atoms with Crippen LogP contribution in [-0.2, 0) is 0 Å². The normalized spacial score (nSPS) is 12.5. The second-order valence-electron chi connectivity index (χ2n) is 5.12. The predicted molar refractivity (Wildman–Crippen MR) is 92.4 cm³/mol. The van der Waals surface area contributed by atoms with Gasteiger partial charge in [-0.1, -0.05) is 49.2 Å². The highest BCUT2D eigenvalue weighted by molar-refractivity contribution is 6.39. The van der Waals surface area contributed by atoms with Crippen molar-refractivity contribution >= 4 is 40.3 Å². The largest absolute Gasteiger partial charge is 0.272 e. The first-order chi connectivity index (χ1) is 10.9. The smallest absolute Gasteiger partial charge is 0.258 e. The lowest BCUT2D eigenvalue weighted by atomic mass is 9.99. The van der Waals surface area contributed by atoms with E-state index in [1.807, 2.05) is 24.3 Å². The van der Waals surface area contributed by atoms with E-state index in [9.17, 15) is 10.1 Å². The van der Waals surface area contributed by atoms with Crippen molar-refractivity contribution in [2.24, 2.45) is 10.2 Å². The highest BCUT2D eigenvalue weighted by atomic mass is 35.5. The molecule has 0 fully saturated rings. The second-order valence-corrected chi connectivity index (χ2v) is 5.93. The van der Waals surface area contributed by atoms with Gasteiger partial charge in [-0.25, -0.2) is 0 Å². The highest BCUT2D eigenvalue weighted by Gasteiger charge is 2.14. The van der Waals surface area contributed by atoms with Gasteiger partial charge in [0.05, 0.1) is 20.7 Å². The minimum Gasteiger partial charge on any atom is -0.258 e. The van der Waals surface area contributed by atoms with Crippen LogP contribution in [0.1, 0.15) is 31.7 Å². The molecule has 0 aliphatic rings. The third-order valence-electron chi connectivity index (χ3n) is 3.55. The fourth-order valence-corrected chi connectivity index (χ4v) is 2.52. The molecule has 0 radical (unpaired) electrons. The van der Waals surface area contributed by atoms with Gasteiger partial charge in [0, 0.05) is 12.1 Å². The maximum atomic E-state index is 10.7. The van der Waals surface area contributed by atoms with E-state index in [1.165, 1.54) is 17.7 Å². The van der Waals surface area contributed by atoms with E-state index in [4.69, 9.17) is 23.2 Å². The van der Waals surface area contributed by atoms with E-state index in [1.54, 1.807) is 0 Å². The van der Waals surface area contributed by atoms with Crippen LogP contribution in [0.5, 0.6) is 0 Å². The number of hydrogen-bond acceptors (Lipinski definition) is 4. The SMILES string of the molecule is CCC(C)c1ccc(N=Nc2c(Cl)cc([N+](=O)[O-])cc2Cl)cc1. The molecule has 0 bridgehead atoms. The molecule has 0 aromatic heterocycles. The van der Waals surface area contributed by atoms with Crippen molar-refractivity contribution in [3.05, 3.63) is 62.1 Å². The van der Waals surface area contributed by atoms with Crippen molar-refractivity contribution in [2.75, 3.05) is 0 Å². The maximum absolute atomic E-state index is 10.7. The Bertz CT molecular complexity index is 722. The molecule has 0 aliphatic carbocycles. The van der Waals surface area contributed by atoms with Gasteiger partial charge in [0.25, 0.3) is 5.69 Å². The number of azo groups is 1. The van der Waals surface area contributed by atoms with E-state index in [-0.39, 0.29) is 21.4 Å². The van der Waals surface area contributed by atoms with E-state index in [2.05, 4.69) is 24.1 Å². The Labute approximate surface area is 144 Å². The van der Waals surface area contributed by atoms with Crippen molar-refractivity contribution < 1.29 is 4.92 Å². The van der Waals surface area contributed by atoms with Gasteiger partial charge >= 0.3 is 0 Å². The second kappa shape index (κ2) is 7.53. The summed E-state index contributed by atoms with van der Waals surface area (Å²) in [7, 11) is 0. The van der Waals surface area contributed by atoms with Gasteiger partial charge in [0.15, 0.2) is 0 Å². The minimum atomic E-state index is -0.563. The Morgan fingerprint density at radius 1 is 1.13 bits per heavy atom. The summed E-state index contributed by atoms with van der Waals surface area (Å²) in [6.07, 6.45) is 1.06. The molecule has 2 aromatic rings. The van der Waals surface area contributed by atoms with Crippen LogP contribution < -0.4 is 0 Å². The molecule has 0 saturated carbocycles. The van der Waals surface area contributed by atoms with Crippen molar-refractivity contribution in [3.63, 3.8) is 0 Å². The first-order valence-corrected chi connectivity index (χ1v) is 7.83. The summed E-state index contributed by atoms with van der Waals surface area (Å²) in [5.74, 6) is 0.486. The van der Waals surface area contributed by atoms with Crippen LogP contribution in [0.3, 0.4) is 0 Å². The van der Waals surface area contributed by atoms with Crippen LogP contribution in [0.4, 0.5) is 17.1 Å². The monoisotopic (exact) mass is 351 g/mol. The summed E-state index contributed by atoms with van der Waals surface area (Å²) in [5.41, 5.74) is 1.92. The van der Waals surface area contributed by atoms with Crippen LogP contribution in [-0.4, -0.2) is 4.92 Å². The Kier molecular flexibility index (Phi) is 5.69. The molecule has 7 heteroatoms. The molecule has 5 nitrogen and oxygen atoms in total. The maximum Gasteiger partial charge on any atom is 0.272 e. The molecular weight excluding hydrogens is 337 g/mol. The lowest BCUT2D eigenvalue weighted by molar-refractivity contribution is -0.384. The molecule has 0 aliphatic heterocycles. The molecule has 2 aromatic carbocycles. The van der Waals surface area contributed by atoms with Gasteiger partial charge in [-0.15, -0.1) is 5.11 Å². The van der Waals surface area contributed by atoms with E-state index in [0.717, 1.165) is 6.42 Å². The number of nitro groups is 1. The molecule has 0 N–H and O–H groups in total. The molecule has 1 unspecified atom stereocenters. The van der Waals surface area contributed by atoms with Crippen molar-refractivity contribution in [3.8, 4) is 0 Å². The van der Waals surface area contributed by atoms with Crippen LogP contribution >= 0.6 is 23.2 Å². The zero-order valence-corrected chi connectivity index (χ0v) is 14.2. The number of hydrogen-bond donors (Lipinski definition) is 0. The number of nitro benzene ring substituents is 1. The molecule has 1 atom stereocenters. The average Bonchev–Trinajstić information content (AvgIpc) is 2.53. The molecule has 2 rings (SSSR count). The lowest BCUT2D eigenvalue weighted by Gasteiger charge is -2.08. The third-order valence-corrected chi connectivity index (χ3v) is 4.13. The summed E-state index contributed by atoms with van der Waals surface area (Å²) in [4.78, 5) is 10.2. The topological polar surface area (TPSA) is 67.9 Å². The van der Waals surface area contributed by atoms with Gasteiger partial charge < -0.3 is 0 Å². The van der Waals surface area contributed by atoms with Crippen LogP contribution in [0.25, 0.3) is 0 Å². The zero-order chi connectivity index (χ0) is 17.0. The molecule has 0 amide bonds. The van der Waals surface area contributed by atoms with Gasteiger partial charge in [0.1, 0.15) is 5.69 Å². The van der Waals surface area contributed by atoms with E-state index >= 15 is 0 Å². The summed E-state index contributed by atoms with van der Waals surface area (Å²) in [6.45, 7) is 4.30. The zero-order valence-electron chi connectivity index (χ0n) is 12.7. The standard InChI is InChI=1S/C16H15Cl2N3O2/c1-3-10(2)11-4-6-12(7-5-11)19-20-16-14(17)8-13(21(22)23)9-15(16)18/h4-10H,3H2,1-2H3. The van der Waals surface area contributed by atoms with Crippen LogP contribution in [0.15, 0.2) is 46.6 Å². The van der Waals surface area contributed by atoms with E-state index in [0.29, 0.717) is 11.6 Å². The molecule has 0 spiro atoms. The Balaban J connectivity index is 2.25. The Hall–Kier alpha value is -1.98. The van der Waals surface area contributed by atoms with Crippen LogP contribution in [0, 0.1) is 10.1 Å². The molecule has 0 saturated heterocycles. The van der Waals surface area contributed by atoms with Crippen molar-refractivity contribution in [1.29, 1.82) is 0 Å². The van der Waals surface area contributed by atoms with Crippen molar-refractivity contribution in [1.82, 2.24) is 0 Å². The molecule has 120 valence electrons. The summed E-state index contributed by atoms with van der Waals surface area (Å²) < 4.78 is 0. The summed E-state index contributed by atoms with van der Waals surface area (Å²) in [5, 5.41) is 19.0. The van der Waals surface area contributed by atoms with Gasteiger partial charge in [-0.2, -0.15) is 5.11 Å². The average molecular weight is 352 g/mol. The number of nitrogens with zero attached hydrogens (tertiary/aromatic N) is 3. The number of non-ortho nitro benzene ring substituents is 1. The number of rotatable bonds is 5. The summed E-state index contributed by atoms with van der Waals surface area (Å²) in [6, 6.07) is 10.1. The summed E-state index contributed by atoms with van der Waals surface area (Å²) >= 11 is 12.0. The van der Waals surface area contributed by atoms with Gasteiger partial charge in [0.2, 0.25) is 0 Å². The highest BCUT2D eigenvalue weighted by Crippen LogP contribution is 2.37. The van der Waals surface area contributed by atoms with E-state index < -0.39 is 4.92 Å². The third kappa shape index (κ3) is 4.27. The lowest BCUT2D eigenvalue weighted by Crippen LogP contribution is -1.89. The quantitative estimate of drug-likeness (QED) is 0.336. The Morgan fingerprint density at radius 2 is 1.70 bits per heavy atom.